The molecule has 0 atom stereocenters. The molecule has 0 radical (unpaired) electrons. The number of alkyl halides is 3. The molecule has 1 aromatic rings. The first kappa shape index (κ1) is 11.8. The predicted octanol–water partition coefficient (Wildman–Crippen LogP) is 4.55. The van der Waals surface area contributed by atoms with Crippen molar-refractivity contribution >= 4 is 21.6 Å². The second-order valence-corrected chi connectivity index (χ2v) is 3.27. The minimum Gasteiger partial charge on any atom is -0.206 e. The van der Waals surface area contributed by atoms with Crippen LogP contribution in [0.4, 0.5) is 23.2 Å². The molecule has 0 aliphatic carbocycles. The molecule has 0 N–H and O–H groups in total. The molecule has 0 fully saturated rings. The molecule has 1 rings (SSSR count). The molecule has 0 amide bonds. The molecule has 0 spiro atoms. The molecular formula is C7H2BrF4N3. The van der Waals surface area contributed by atoms with Gasteiger partial charge in [0.05, 0.1) is 10.0 Å². The van der Waals surface area contributed by atoms with Crippen LogP contribution in [0.2, 0.25) is 0 Å². The Hall–Kier alpha value is -1.27. The number of hydrogen-bond donors (Lipinski definition) is 0. The maximum atomic E-state index is 13.0. The Labute approximate surface area is 89.5 Å². The van der Waals surface area contributed by atoms with Crippen LogP contribution < -0.4 is 0 Å². The van der Waals surface area contributed by atoms with Gasteiger partial charge in [-0.3, -0.25) is 0 Å². The number of halogens is 5. The summed E-state index contributed by atoms with van der Waals surface area (Å²) in [7, 11) is 0. The van der Waals surface area contributed by atoms with Gasteiger partial charge in [-0.1, -0.05) is 5.11 Å². The van der Waals surface area contributed by atoms with Crippen LogP contribution in [-0.4, -0.2) is 0 Å². The van der Waals surface area contributed by atoms with Crippen LogP contribution in [0.1, 0.15) is 5.56 Å². The number of hydrogen-bond acceptors (Lipinski definition) is 1. The van der Waals surface area contributed by atoms with Gasteiger partial charge in [0.15, 0.2) is 0 Å². The van der Waals surface area contributed by atoms with E-state index < -0.39 is 27.7 Å². The number of azide groups is 1. The van der Waals surface area contributed by atoms with E-state index in [-0.39, 0.29) is 0 Å². The fourth-order valence-electron chi connectivity index (χ4n) is 0.890. The van der Waals surface area contributed by atoms with E-state index in [0.717, 1.165) is 0 Å². The molecule has 15 heavy (non-hydrogen) atoms. The van der Waals surface area contributed by atoms with E-state index in [1.54, 1.807) is 0 Å². The standard InChI is InChI=1S/C7H2BrF4N3/c8-6-4(7(10,11)12)1-3(14-15-13)2-5(6)9/h1-2H. The molecule has 0 saturated heterocycles. The fourth-order valence-corrected chi connectivity index (χ4v) is 1.34. The number of nitrogens with zero attached hydrogens (tertiary/aromatic N) is 3. The van der Waals surface area contributed by atoms with E-state index in [4.69, 9.17) is 5.53 Å². The highest BCUT2D eigenvalue weighted by atomic mass is 79.9. The van der Waals surface area contributed by atoms with E-state index in [9.17, 15) is 17.6 Å². The average Bonchev–Trinajstić information content (AvgIpc) is 2.09. The summed E-state index contributed by atoms with van der Waals surface area (Å²) in [6.07, 6.45) is -4.71. The van der Waals surface area contributed by atoms with Crippen LogP contribution in [0, 0.1) is 5.82 Å². The van der Waals surface area contributed by atoms with Crippen molar-refractivity contribution in [3.8, 4) is 0 Å². The second kappa shape index (κ2) is 4.08. The van der Waals surface area contributed by atoms with Crippen molar-refractivity contribution in [2.75, 3.05) is 0 Å². The van der Waals surface area contributed by atoms with Crippen molar-refractivity contribution in [2.24, 2.45) is 5.11 Å². The van der Waals surface area contributed by atoms with Crippen LogP contribution in [0.3, 0.4) is 0 Å². The van der Waals surface area contributed by atoms with Crippen molar-refractivity contribution < 1.29 is 17.6 Å². The van der Waals surface area contributed by atoms with Crippen LogP contribution in [0.15, 0.2) is 21.7 Å². The van der Waals surface area contributed by atoms with Crippen molar-refractivity contribution in [3.63, 3.8) is 0 Å². The maximum absolute atomic E-state index is 13.0. The third kappa shape index (κ3) is 2.60. The SMILES string of the molecule is [N-]=[N+]=Nc1cc(F)c(Br)c(C(F)(F)F)c1. The van der Waals surface area contributed by atoms with Gasteiger partial charge in [-0.2, -0.15) is 13.2 Å². The van der Waals surface area contributed by atoms with Gasteiger partial charge in [-0.15, -0.1) is 0 Å². The van der Waals surface area contributed by atoms with Crippen LogP contribution in [0.25, 0.3) is 10.4 Å². The zero-order chi connectivity index (χ0) is 11.6. The summed E-state index contributed by atoms with van der Waals surface area (Å²) in [4.78, 5) is 2.28. The zero-order valence-electron chi connectivity index (χ0n) is 6.89. The van der Waals surface area contributed by atoms with Crippen molar-refractivity contribution in [3.05, 3.63) is 38.4 Å². The first-order valence-electron chi connectivity index (χ1n) is 3.47. The minimum absolute atomic E-state index is 0.425. The topological polar surface area (TPSA) is 48.8 Å². The summed E-state index contributed by atoms with van der Waals surface area (Å²) in [6.45, 7) is 0. The van der Waals surface area contributed by atoms with Crippen LogP contribution >= 0.6 is 15.9 Å². The zero-order valence-corrected chi connectivity index (χ0v) is 8.47. The summed E-state index contributed by atoms with van der Waals surface area (Å²) < 4.78 is 49.2. The fraction of sp³-hybridized carbons (Fsp3) is 0.143. The Balaban J connectivity index is 3.44. The molecule has 1 aromatic carbocycles. The Bertz CT molecular complexity index is 437. The highest BCUT2D eigenvalue weighted by molar-refractivity contribution is 9.10. The van der Waals surface area contributed by atoms with Gasteiger partial charge in [-0.25, -0.2) is 4.39 Å². The molecule has 0 aliphatic heterocycles. The molecule has 0 aromatic heterocycles. The molecule has 80 valence electrons. The molecule has 0 heterocycles. The van der Waals surface area contributed by atoms with Gasteiger partial charge in [-0.05, 0) is 33.6 Å². The lowest BCUT2D eigenvalue weighted by molar-refractivity contribution is -0.138. The Morgan fingerprint density at radius 1 is 1.33 bits per heavy atom. The van der Waals surface area contributed by atoms with Gasteiger partial charge < -0.3 is 0 Å². The summed E-state index contributed by atoms with van der Waals surface area (Å²) in [5.41, 5.74) is 6.37. The third-order valence-electron chi connectivity index (χ3n) is 1.48. The molecule has 0 bridgehead atoms. The third-order valence-corrected chi connectivity index (χ3v) is 2.28. The molecule has 0 unspecified atom stereocenters. The highest BCUT2D eigenvalue weighted by Crippen LogP contribution is 2.38. The lowest BCUT2D eigenvalue weighted by Gasteiger charge is -2.10. The number of rotatable bonds is 1. The molecule has 8 heteroatoms. The predicted molar refractivity (Wildman–Crippen MR) is 47.9 cm³/mol. The van der Waals surface area contributed by atoms with E-state index in [0.29, 0.717) is 12.1 Å². The Morgan fingerprint density at radius 2 is 1.93 bits per heavy atom. The van der Waals surface area contributed by atoms with Gasteiger partial charge >= 0.3 is 6.18 Å². The normalized spacial score (nSPS) is 11.0. The largest absolute Gasteiger partial charge is 0.417 e. The lowest BCUT2D eigenvalue weighted by Crippen LogP contribution is -2.06. The quantitative estimate of drug-likeness (QED) is 0.314. The van der Waals surface area contributed by atoms with Gasteiger partial charge in [0, 0.05) is 10.6 Å². The van der Waals surface area contributed by atoms with Gasteiger partial charge in [0.25, 0.3) is 0 Å². The van der Waals surface area contributed by atoms with Crippen molar-refractivity contribution in [1.82, 2.24) is 0 Å². The van der Waals surface area contributed by atoms with Gasteiger partial charge in [0.1, 0.15) is 5.82 Å². The van der Waals surface area contributed by atoms with Crippen LogP contribution in [0.5, 0.6) is 0 Å². The van der Waals surface area contributed by atoms with Crippen molar-refractivity contribution in [2.45, 2.75) is 6.18 Å². The smallest absolute Gasteiger partial charge is 0.206 e. The molecule has 3 nitrogen and oxygen atoms in total. The second-order valence-electron chi connectivity index (χ2n) is 2.48. The Morgan fingerprint density at radius 3 is 2.40 bits per heavy atom. The first-order valence-corrected chi connectivity index (χ1v) is 4.27. The van der Waals surface area contributed by atoms with Gasteiger partial charge in [0.2, 0.25) is 0 Å². The van der Waals surface area contributed by atoms with Crippen molar-refractivity contribution in [1.29, 1.82) is 0 Å². The van der Waals surface area contributed by atoms with E-state index in [2.05, 4.69) is 26.0 Å². The first-order chi connectivity index (χ1) is 6.86. The molecule has 0 saturated carbocycles. The summed E-state index contributed by atoms with van der Waals surface area (Å²) in [5, 5.41) is 2.90. The minimum atomic E-state index is -4.71. The highest BCUT2D eigenvalue weighted by Gasteiger charge is 2.34. The summed E-state index contributed by atoms with van der Waals surface area (Å²) in [6, 6.07) is 1.27. The lowest BCUT2D eigenvalue weighted by atomic mass is 10.2. The summed E-state index contributed by atoms with van der Waals surface area (Å²) in [5.74, 6) is -1.13. The van der Waals surface area contributed by atoms with E-state index in [1.807, 2.05) is 0 Å². The average molecular weight is 284 g/mol. The van der Waals surface area contributed by atoms with E-state index in [1.165, 1.54) is 0 Å². The molecular weight excluding hydrogens is 282 g/mol. The van der Waals surface area contributed by atoms with Crippen LogP contribution in [-0.2, 0) is 6.18 Å². The Kier molecular flexibility index (Phi) is 3.21. The number of benzene rings is 1. The molecule has 0 aliphatic rings. The maximum Gasteiger partial charge on any atom is 0.417 e. The summed E-state index contributed by atoms with van der Waals surface area (Å²) >= 11 is 2.47. The monoisotopic (exact) mass is 283 g/mol. The van der Waals surface area contributed by atoms with E-state index >= 15 is 0 Å².